The topological polar surface area (TPSA) is 63.1 Å². The summed E-state index contributed by atoms with van der Waals surface area (Å²) in [7, 11) is 0. The number of aromatic nitrogens is 2. The minimum atomic E-state index is -0.790. The molecule has 0 saturated heterocycles. The fraction of sp³-hybridized carbons (Fsp3) is 0.625. The molecule has 0 aliphatic heterocycles. The Balaban J connectivity index is 2.54. The monoisotopic (exact) mass is 200 g/mol. The number of aryl methyl sites for hydroxylation is 1. The first-order valence-electron chi connectivity index (χ1n) is 4.13. The molecule has 0 fully saturated rings. The zero-order valence-corrected chi connectivity index (χ0v) is 8.47. The molecule has 0 unspecified atom stereocenters. The van der Waals surface area contributed by atoms with E-state index in [0.29, 0.717) is 12.3 Å². The molecule has 1 rings (SSSR count). The third kappa shape index (κ3) is 3.10. The van der Waals surface area contributed by atoms with E-state index >= 15 is 0 Å². The van der Waals surface area contributed by atoms with Gasteiger partial charge in [-0.25, -0.2) is 0 Å². The number of carboxylic acid groups (broad SMARTS) is 1. The standard InChI is InChI=1S/C8H12N2O2S/c1-5(2)8-10-9-6(13-8)3-4-7(11)12/h5H,3-4H2,1-2H3,(H,11,12). The van der Waals surface area contributed by atoms with E-state index in [1.54, 1.807) is 0 Å². The largest absolute Gasteiger partial charge is 0.481 e. The Hall–Kier alpha value is -0.970. The zero-order valence-electron chi connectivity index (χ0n) is 7.65. The fourth-order valence-electron chi connectivity index (χ4n) is 0.815. The van der Waals surface area contributed by atoms with Crippen LogP contribution in [-0.4, -0.2) is 21.3 Å². The number of hydrogen-bond donors (Lipinski definition) is 1. The highest BCUT2D eigenvalue weighted by Gasteiger charge is 2.08. The summed E-state index contributed by atoms with van der Waals surface area (Å²) in [4.78, 5) is 10.3. The second-order valence-corrected chi connectivity index (χ2v) is 4.18. The molecule has 0 bridgehead atoms. The molecule has 1 N–H and O–H groups in total. The third-order valence-electron chi connectivity index (χ3n) is 1.53. The van der Waals surface area contributed by atoms with Crippen molar-refractivity contribution in [1.82, 2.24) is 10.2 Å². The summed E-state index contributed by atoms with van der Waals surface area (Å²) < 4.78 is 0. The third-order valence-corrected chi connectivity index (χ3v) is 2.81. The molecule has 1 aromatic rings. The average Bonchev–Trinajstić information content (AvgIpc) is 2.48. The number of aliphatic carboxylic acids is 1. The lowest BCUT2D eigenvalue weighted by atomic mass is 10.2. The van der Waals surface area contributed by atoms with Gasteiger partial charge in [0, 0.05) is 12.3 Å². The molecule has 0 aromatic carbocycles. The zero-order chi connectivity index (χ0) is 9.84. The lowest BCUT2D eigenvalue weighted by molar-refractivity contribution is -0.136. The summed E-state index contributed by atoms with van der Waals surface area (Å²) in [5, 5.41) is 18.1. The second kappa shape index (κ2) is 4.32. The molecule has 0 radical (unpaired) electrons. The van der Waals surface area contributed by atoms with Crippen LogP contribution >= 0.6 is 11.3 Å². The van der Waals surface area contributed by atoms with Crippen molar-refractivity contribution in [2.75, 3.05) is 0 Å². The van der Waals surface area contributed by atoms with Gasteiger partial charge in [-0.3, -0.25) is 4.79 Å². The van der Waals surface area contributed by atoms with Crippen LogP contribution in [0.5, 0.6) is 0 Å². The SMILES string of the molecule is CC(C)c1nnc(CCC(=O)O)s1. The first kappa shape index (κ1) is 10.1. The predicted molar refractivity (Wildman–Crippen MR) is 50.0 cm³/mol. The summed E-state index contributed by atoms with van der Waals surface area (Å²) in [5.41, 5.74) is 0. The van der Waals surface area contributed by atoms with Crippen molar-refractivity contribution in [3.05, 3.63) is 10.0 Å². The molecule has 13 heavy (non-hydrogen) atoms. The molecular formula is C8H12N2O2S. The van der Waals surface area contributed by atoms with Crippen molar-refractivity contribution < 1.29 is 9.90 Å². The normalized spacial score (nSPS) is 10.7. The first-order chi connectivity index (χ1) is 6.09. The van der Waals surface area contributed by atoms with Crippen LogP contribution in [0.25, 0.3) is 0 Å². The second-order valence-electron chi connectivity index (χ2n) is 3.08. The van der Waals surface area contributed by atoms with E-state index in [1.807, 2.05) is 13.8 Å². The summed E-state index contributed by atoms with van der Waals surface area (Å²) in [5.74, 6) is -0.419. The molecule has 72 valence electrons. The van der Waals surface area contributed by atoms with Crippen LogP contribution in [0.1, 0.15) is 36.2 Å². The number of hydrogen-bond acceptors (Lipinski definition) is 4. The molecule has 4 nitrogen and oxygen atoms in total. The van der Waals surface area contributed by atoms with Gasteiger partial charge < -0.3 is 5.11 Å². The van der Waals surface area contributed by atoms with Crippen molar-refractivity contribution in [3.8, 4) is 0 Å². The van der Waals surface area contributed by atoms with E-state index in [-0.39, 0.29) is 6.42 Å². The lowest BCUT2D eigenvalue weighted by Crippen LogP contribution is -1.96. The Morgan fingerprint density at radius 2 is 2.23 bits per heavy atom. The molecule has 0 spiro atoms. The Labute approximate surface area is 80.6 Å². The molecule has 5 heteroatoms. The summed E-state index contributed by atoms with van der Waals surface area (Å²) in [6.07, 6.45) is 0.618. The van der Waals surface area contributed by atoms with Gasteiger partial charge >= 0.3 is 5.97 Å². The van der Waals surface area contributed by atoms with E-state index < -0.39 is 5.97 Å². The van der Waals surface area contributed by atoms with E-state index in [4.69, 9.17) is 5.11 Å². The van der Waals surface area contributed by atoms with Crippen LogP contribution in [0.4, 0.5) is 0 Å². The average molecular weight is 200 g/mol. The molecule has 0 aliphatic rings. The fourth-order valence-corrected chi connectivity index (χ4v) is 1.66. The summed E-state index contributed by atoms with van der Waals surface area (Å²) >= 11 is 1.50. The lowest BCUT2D eigenvalue weighted by Gasteiger charge is -1.93. The van der Waals surface area contributed by atoms with Crippen molar-refractivity contribution in [1.29, 1.82) is 0 Å². The Bertz CT molecular complexity index is 296. The molecule has 0 aliphatic carbocycles. The molecule has 0 amide bonds. The van der Waals surface area contributed by atoms with E-state index in [2.05, 4.69) is 10.2 Å². The number of nitrogens with zero attached hydrogens (tertiary/aromatic N) is 2. The van der Waals surface area contributed by atoms with E-state index in [1.165, 1.54) is 11.3 Å². The van der Waals surface area contributed by atoms with Gasteiger partial charge in [0.05, 0.1) is 6.42 Å². The van der Waals surface area contributed by atoms with Crippen molar-refractivity contribution in [2.24, 2.45) is 0 Å². The van der Waals surface area contributed by atoms with E-state index in [0.717, 1.165) is 10.0 Å². The van der Waals surface area contributed by atoms with Crippen LogP contribution in [0.2, 0.25) is 0 Å². The van der Waals surface area contributed by atoms with Crippen molar-refractivity contribution in [2.45, 2.75) is 32.6 Å². The smallest absolute Gasteiger partial charge is 0.303 e. The van der Waals surface area contributed by atoms with Gasteiger partial charge in [0.1, 0.15) is 10.0 Å². The molecule has 0 saturated carbocycles. The van der Waals surface area contributed by atoms with Crippen LogP contribution < -0.4 is 0 Å². The van der Waals surface area contributed by atoms with Gasteiger partial charge in [0.15, 0.2) is 0 Å². The van der Waals surface area contributed by atoms with Crippen molar-refractivity contribution >= 4 is 17.3 Å². The molecule has 0 atom stereocenters. The van der Waals surface area contributed by atoms with Gasteiger partial charge in [0.25, 0.3) is 0 Å². The quantitative estimate of drug-likeness (QED) is 0.803. The number of carboxylic acids is 1. The van der Waals surface area contributed by atoms with E-state index in [9.17, 15) is 4.79 Å². The maximum Gasteiger partial charge on any atom is 0.303 e. The first-order valence-corrected chi connectivity index (χ1v) is 4.95. The van der Waals surface area contributed by atoms with Crippen LogP contribution in [-0.2, 0) is 11.2 Å². The molecular weight excluding hydrogens is 188 g/mol. The van der Waals surface area contributed by atoms with Gasteiger partial charge in [-0.2, -0.15) is 0 Å². The number of rotatable bonds is 4. The minimum absolute atomic E-state index is 0.132. The minimum Gasteiger partial charge on any atom is -0.481 e. The highest BCUT2D eigenvalue weighted by atomic mass is 32.1. The number of carbonyl (C=O) groups is 1. The molecule has 1 aromatic heterocycles. The van der Waals surface area contributed by atoms with Gasteiger partial charge in [0.2, 0.25) is 0 Å². The van der Waals surface area contributed by atoms with Crippen LogP contribution in [0.15, 0.2) is 0 Å². The van der Waals surface area contributed by atoms with Crippen LogP contribution in [0.3, 0.4) is 0 Å². The highest BCUT2D eigenvalue weighted by Crippen LogP contribution is 2.19. The summed E-state index contributed by atoms with van der Waals surface area (Å²) in [6.45, 7) is 4.09. The molecule has 1 heterocycles. The Morgan fingerprint density at radius 3 is 2.69 bits per heavy atom. The maximum absolute atomic E-state index is 10.3. The Kier molecular flexibility index (Phi) is 3.36. The Morgan fingerprint density at radius 1 is 1.54 bits per heavy atom. The predicted octanol–water partition coefficient (Wildman–Crippen LogP) is 1.68. The summed E-state index contributed by atoms with van der Waals surface area (Å²) in [6, 6.07) is 0. The van der Waals surface area contributed by atoms with Crippen LogP contribution in [0, 0.1) is 0 Å². The maximum atomic E-state index is 10.3. The van der Waals surface area contributed by atoms with Crippen molar-refractivity contribution in [3.63, 3.8) is 0 Å². The van der Waals surface area contributed by atoms with Gasteiger partial charge in [-0.1, -0.05) is 13.8 Å². The van der Waals surface area contributed by atoms with Gasteiger partial charge in [-0.05, 0) is 0 Å². The van der Waals surface area contributed by atoms with Gasteiger partial charge in [-0.15, -0.1) is 21.5 Å². The highest BCUT2D eigenvalue weighted by molar-refractivity contribution is 7.11.